The number of aliphatic hydroxyl groups excluding tert-OH is 2. The third-order valence-electron chi connectivity index (χ3n) is 2.89. The smallest absolute Gasteiger partial charge is 0.0761 e. The maximum absolute atomic E-state index is 9.46. The summed E-state index contributed by atoms with van der Waals surface area (Å²) in [7, 11) is 0. The molecule has 0 aliphatic carbocycles. The molecular formula is C14H23NO2. The molecule has 96 valence electrons. The van der Waals surface area contributed by atoms with Crippen LogP contribution in [0.15, 0.2) is 24.3 Å². The van der Waals surface area contributed by atoms with E-state index in [1.807, 2.05) is 24.3 Å². The van der Waals surface area contributed by atoms with E-state index in [2.05, 4.69) is 18.7 Å². The summed E-state index contributed by atoms with van der Waals surface area (Å²) in [5, 5.41) is 18.4. The minimum atomic E-state index is -0.422. The minimum Gasteiger partial charge on any atom is -0.396 e. The maximum atomic E-state index is 9.46. The molecule has 0 amide bonds. The van der Waals surface area contributed by atoms with E-state index >= 15 is 0 Å². The average Bonchev–Trinajstić information content (AvgIpc) is 2.29. The molecule has 1 atom stereocenters. The lowest BCUT2D eigenvalue weighted by Crippen LogP contribution is -2.32. The van der Waals surface area contributed by atoms with Gasteiger partial charge >= 0.3 is 0 Å². The predicted octanol–water partition coefficient (Wildman–Crippen LogP) is 2.34. The largest absolute Gasteiger partial charge is 0.396 e. The highest BCUT2D eigenvalue weighted by Gasteiger charge is 2.10. The van der Waals surface area contributed by atoms with Crippen molar-refractivity contribution in [3.63, 3.8) is 0 Å². The molecule has 3 nitrogen and oxygen atoms in total. The molecular weight excluding hydrogens is 214 g/mol. The molecule has 1 aromatic carbocycles. The monoisotopic (exact) mass is 237 g/mol. The molecule has 0 unspecified atom stereocenters. The third kappa shape index (κ3) is 4.02. The van der Waals surface area contributed by atoms with Crippen LogP contribution in [0.2, 0.25) is 0 Å². The molecule has 0 aromatic heterocycles. The summed E-state index contributed by atoms with van der Waals surface area (Å²) in [5.41, 5.74) is 2.07. The molecule has 0 saturated heterocycles. The molecule has 0 saturated carbocycles. The number of aliphatic hydroxyl groups is 2. The summed E-state index contributed by atoms with van der Waals surface area (Å²) >= 11 is 0. The quantitative estimate of drug-likeness (QED) is 0.798. The molecule has 0 fully saturated rings. The Morgan fingerprint density at radius 3 is 2.12 bits per heavy atom. The van der Waals surface area contributed by atoms with Crippen molar-refractivity contribution >= 4 is 5.69 Å². The minimum absolute atomic E-state index is 0.217. The van der Waals surface area contributed by atoms with Crippen molar-refractivity contribution in [2.75, 3.05) is 18.1 Å². The van der Waals surface area contributed by atoms with Crippen molar-refractivity contribution in [1.29, 1.82) is 0 Å². The number of rotatable bonds is 6. The van der Waals surface area contributed by atoms with Gasteiger partial charge in [0, 0.05) is 24.9 Å². The normalized spacial score (nSPS) is 12.8. The Balaban J connectivity index is 2.80. The first-order valence-electron chi connectivity index (χ1n) is 6.21. The van der Waals surface area contributed by atoms with Gasteiger partial charge in [-0.05, 0) is 44.9 Å². The van der Waals surface area contributed by atoms with Gasteiger partial charge in [0.1, 0.15) is 0 Å². The number of benzene rings is 1. The van der Waals surface area contributed by atoms with Gasteiger partial charge in [0.15, 0.2) is 0 Å². The summed E-state index contributed by atoms with van der Waals surface area (Å²) in [6.07, 6.45) is 0.352. The van der Waals surface area contributed by atoms with Gasteiger partial charge in [-0.25, -0.2) is 0 Å². The Bertz CT molecular complexity index is 319. The number of hydrogen-bond acceptors (Lipinski definition) is 3. The average molecular weight is 237 g/mol. The van der Waals surface area contributed by atoms with Crippen LogP contribution in [0.4, 0.5) is 5.69 Å². The van der Waals surface area contributed by atoms with Crippen molar-refractivity contribution in [3.8, 4) is 0 Å². The van der Waals surface area contributed by atoms with E-state index in [1.165, 1.54) is 0 Å². The van der Waals surface area contributed by atoms with Gasteiger partial charge in [-0.15, -0.1) is 0 Å². The van der Waals surface area contributed by atoms with Gasteiger partial charge in [0.2, 0.25) is 0 Å². The molecule has 1 aromatic rings. The van der Waals surface area contributed by atoms with Crippen molar-refractivity contribution < 1.29 is 10.2 Å². The van der Waals surface area contributed by atoms with E-state index in [9.17, 15) is 5.11 Å². The van der Waals surface area contributed by atoms with E-state index in [0.717, 1.165) is 24.2 Å². The molecule has 0 aliphatic heterocycles. The first kappa shape index (κ1) is 14.0. The van der Waals surface area contributed by atoms with Gasteiger partial charge < -0.3 is 15.1 Å². The van der Waals surface area contributed by atoms with Crippen LogP contribution < -0.4 is 4.90 Å². The second-order valence-electron chi connectivity index (χ2n) is 4.63. The zero-order valence-corrected chi connectivity index (χ0v) is 10.9. The second kappa shape index (κ2) is 6.62. The van der Waals surface area contributed by atoms with E-state index in [1.54, 1.807) is 6.92 Å². The van der Waals surface area contributed by atoms with Gasteiger partial charge in [0.05, 0.1) is 6.10 Å². The Morgan fingerprint density at radius 2 is 1.71 bits per heavy atom. The van der Waals surface area contributed by atoms with Crippen molar-refractivity contribution in [3.05, 3.63) is 29.8 Å². The summed E-state index contributed by atoms with van der Waals surface area (Å²) in [6, 6.07) is 8.36. The standard InChI is InChI=1S/C14H23NO2/c1-11(2)15(9-4-10-16)14-7-5-13(6-8-14)12(3)17/h5-8,11-12,16-17H,4,9-10H2,1-3H3/t12-/m0/s1. The molecule has 3 heteroatoms. The number of anilines is 1. The second-order valence-corrected chi connectivity index (χ2v) is 4.63. The summed E-state index contributed by atoms with van der Waals surface area (Å²) in [5.74, 6) is 0. The Kier molecular flexibility index (Phi) is 5.45. The van der Waals surface area contributed by atoms with Crippen LogP contribution in [0.25, 0.3) is 0 Å². The molecule has 0 heterocycles. The summed E-state index contributed by atoms with van der Waals surface area (Å²) in [6.45, 7) is 7.11. The van der Waals surface area contributed by atoms with E-state index in [0.29, 0.717) is 6.04 Å². The zero-order chi connectivity index (χ0) is 12.8. The SMILES string of the molecule is CC(C)N(CCCO)c1ccc([C@H](C)O)cc1. The van der Waals surface area contributed by atoms with Crippen LogP contribution >= 0.6 is 0 Å². The van der Waals surface area contributed by atoms with Crippen molar-refractivity contribution in [2.45, 2.75) is 39.3 Å². The Hall–Kier alpha value is -1.06. The lowest BCUT2D eigenvalue weighted by molar-refractivity contribution is 0.199. The molecule has 0 bridgehead atoms. The highest BCUT2D eigenvalue weighted by molar-refractivity contribution is 5.48. The van der Waals surface area contributed by atoms with E-state index in [-0.39, 0.29) is 6.61 Å². The molecule has 0 spiro atoms. The lowest BCUT2D eigenvalue weighted by atomic mass is 10.1. The van der Waals surface area contributed by atoms with Crippen LogP contribution in [0.1, 0.15) is 38.9 Å². The Labute approximate surface area is 104 Å². The van der Waals surface area contributed by atoms with Crippen LogP contribution in [0.5, 0.6) is 0 Å². The maximum Gasteiger partial charge on any atom is 0.0761 e. The first-order valence-corrected chi connectivity index (χ1v) is 6.21. The third-order valence-corrected chi connectivity index (χ3v) is 2.89. The highest BCUT2D eigenvalue weighted by Crippen LogP contribution is 2.21. The molecule has 0 aliphatic rings. The van der Waals surface area contributed by atoms with Gasteiger partial charge in [-0.3, -0.25) is 0 Å². The van der Waals surface area contributed by atoms with E-state index in [4.69, 9.17) is 5.11 Å². The molecule has 0 radical (unpaired) electrons. The van der Waals surface area contributed by atoms with Crippen molar-refractivity contribution in [2.24, 2.45) is 0 Å². The number of hydrogen-bond donors (Lipinski definition) is 2. The molecule has 17 heavy (non-hydrogen) atoms. The van der Waals surface area contributed by atoms with Crippen LogP contribution in [-0.4, -0.2) is 29.4 Å². The highest BCUT2D eigenvalue weighted by atomic mass is 16.3. The molecule has 1 rings (SSSR count). The zero-order valence-electron chi connectivity index (χ0n) is 10.9. The predicted molar refractivity (Wildman–Crippen MR) is 71.3 cm³/mol. The summed E-state index contributed by atoms with van der Waals surface area (Å²) in [4.78, 5) is 2.25. The number of nitrogens with zero attached hydrogens (tertiary/aromatic N) is 1. The molecule has 2 N–H and O–H groups in total. The topological polar surface area (TPSA) is 43.7 Å². The fraction of sp³-hybridized carbons (Fsp3) is 0.571. The van der Waals surface area contributed by atoms with Gasteiger partial charge in [-0.2, -0.15) is 0 Å². The fourth-order valence-electron chi connectivity index (χ4n) is 1.87. The summed E-state index contributed by atoms with van der Waals surface area (Å²) < 4.78 is 0. The van der Waals surface area contributed by atoms with Gasteiger partial charge in [-0.1, -0.05) is 12.1 Å². The van der Waals surface area contributed by atoms with Crippen LogP contribution in [0.3, 0.4) is 0 Å². The van der Waals surface area contributed by atoms with Gasteiger partial charge in [0.25, 0.3) is 0 Å². The first-order chi connectivity index (χ1) is 8.06. The van der Waals surface area contributed by atoms with Crippen molar-refractivity contribution in [1.82, 2.24) is 0 Å². The van der Waals surface area contributed by atoms with Crippen LogP contribution in [-0.2, 0) is 0 Å². The fourth-order valence-corrected chi connectivity index (χ4v) is 1.87. The van der Waals surface area contributed by atoms with E-state index < -0.39 is 6.10 Å². The lowest BCUT2D eigenvalue weighted by Gasteiger charge is -2.29. The van der Waals surface area contributed by atoms with Crippen LogP contribution in [0, 0.1) is 0 Å². The Morgan fingerprint density at radius 1 is 1.12 bits per heavy atom.